The number of carboxylic acid groups (broad SMARTS) is 1. The molecule has 1 aliphatic heterocycles. The van der Waals surface area contributed by atoms with E-state index in [0.29, 0.717) is 5.16 Å². The SMILES string of the molecule is O=C(O)CSc1nnnn1CC(=O)N1CCCC1. The highest BCUT2D eigenvalue weighted by Gasteiger charge is 2.20. The van der Waals surface area contributed by atoms with Crippen molar-refractivity contribution in [2.75, 3.05) is 18.8 Å². The van der Waals surface area contributed by atoms with Crippen molar-refractivity contribution in [3.63, 3.8) is 0 Å². The third kappa shape index (κ3) is 3.19. The molecule has 1 aliphatic rings. The van der Waals surface area contributed by atoms with Crippen molar-refractivity contribution < 1.29 is 14.7 Å². The lowest BCUT2D eigenvalue weighted by Crippen LogP contribution is -2.31. The molecule has 18 heavy (non-hydrogen) atoms. The lowest BCUT2D eigenvalue weighted by atomic mass is 10.4. The van der Waals surface area contributed by atoms with Gasteiger partial charge < -0.3 is 10.0 Å². The number of carbonyl (C=O) groups excluding carboxylic acids is 1. The summed E-state index contributed by atoms with van der Waals surface area (Å²) in [6.45, 7) is 1.62. The first-order valence-corrected chi connectivity index (χ1v) is 6.54. The summed E-state index contributed by atoms with van der Waals surface area (Å²) in [6.07, 6.45) is 2.06. The maximum absolute atomic E-state index is 11.9. The van der Waals surface area contributed by atoms with Gasteiger partial charge in [0, 0.05) is 13.1 Å². The maximum atomic E-state index is 11.9. The van der Waals surface area contributed by atoms with Gasteiger partial charge in [-0.05, 0) is 23.3 Å². The van der Waals surface area contributed by atoms with Crippen LogP contribution in [0.3, 0.4) is 0 Å². The van der Waals surface area contributed by atoms with Crippen molar-refractivity contribution in [3.8, 4) is 0 Å². The van der Waals surface area contributed by atoms with E-state index in [9.17, 15) is 9.59 Å². The Morgan fingerprint density at radius 3 is 2.72 bits per heavy atom. The fraction of sp³-hybridized carbons (Fsp3) is 0.667. The van der Waals surface area contributed by atoms with Crippen LogP contribution in [0, 0.1) is 0 Å². The number of carboxylic acids is 1. The molecule has 2 heterocycles. The van der Waals surface area contributed by atoms with E-state index in [1.165, 1.54) is 4.68 Å². The molecular weight excluding hydrogens is 258 g/mol. The molecule has 0 radical (unpaired) electrons. The van der Waals surface area contributed by atoms with E-state index in [0.717, 1.165) is 37.7 Å². The van der Waals surface area contributed by atoms with Crippen LogP contribution < -0.4 is 0 Å². The van der Waals surface area contributed by atoms with Crippen LogP contribution in [0.2, 0.25) is 0 Å². The lowest BCUT2D eigenvalue weighted by molar-refractivity contribution is -0.134. The molecule has 0 saturated carbocycles. The molecule has 0 spiro atoms. The van der Waals surface area contributed by atoms with Crippen molar-refractivity contribution >= 4 is 23.6 Å². The molecule has 0 bridgehead atoms. The Bertz CT molecular complexity index is 443. The molecule has 1 amide bonds. The van der Waals surface area contributed by atoms with Crippen LogP contribution in [0.5, 0.6) is 0 Å². The second kappa shape index (κ2) is 5.80. The van der Waals surface area contributed by atoms with Gasteiger partial charge in [0.15, 0.2) is 0 Å². The molecule has 0 unspecified atom stereocenters. The minimum absolute atomic E-state index is 0.0306. The fourth-order valence-corrected chi connectivity index (χ4v) is 2.32. The van der Waals surface area contributed by atoms with E-state index in [1.54, 1.807) is 4.90 Å². The Balaban J connectivity index is 1.94. The van der Waals surface area contributed by atoms with Gasteiger partial charge in [0.05, 0.1) is 5.75 Å². The molecule has 9 heteroatoms. The van der Waals surface area contributed by atoms with Crippen molar-refractivity contribution in [2.24, 2.45) is 0 Å². The molecule has 98 valence electrons. The number of aliphatic carboxylic acids is 1. The number of likely N-dealkylation sites (tertiary alicyclic amines) is 1. The van der Waals surface area contributed by atoms with Gasteiger partial charge in [0.2, 0.25) is 11.1 Å². The third-order valence-corrected chi connectivity index (χ3v) is 3.51. The molecule has 0 aromatic carbocycles. The largest absolute Gasteiger partial charge is 0.481 e. The van der Waals surface area contributed by atoms with Crippen molar-refractivity contribution in [1.82, 2.24) is 25.1 Å². The molecule has 0 atom stereocenters. The highest BCUT2D eigenvalue weighted by atomic mass is 32.2. The Morgan fingerprint density at radius 1 is 1.33 bits per heavy atom. The van der Waals surface area contributed by atoms with E-state index < -0.39 is 5.97 Å². The van der Waals surface area contributed by atoms with E-state index in [4.69, 9.17) is 5.11 Å². The Labute approximate surface area is 107 Å². The summed E-state index contributed by atoms with van der Waals surface area (Å²) in [5, 5.41) is 19.8. The predicted octanol–water partition coefficient (Wildman–Crippen LogP) is -0.528. The summed E-state index contributed by atoms with van der Waals surface area (Å²) >= 11 is 1.00. The monoisotopic (exact) mass is 271 g/mol. The van der Waals surface area contributed by atoms with Gasteiger partial charge >= 0.3 is 5.97 Å². The normalized spacial score (nSPS) is 15.0. The number of aromatic nitrogens is 4. The molecule has 0 aliphatic carbocycles. The zero-order valence-corrected chi connectivity index (χ0v) is 10.5. The van der Waals surface area contributed by atoms with Crippen LogP contribution >= 0.6 is 11.8 Å². The summed E-state index contributed by atoms with van der Waals surface area (Å²) < 4.78 is 1.34. The number of amides is 1. The van der Waals surface area contributed by atoms with Crippen LogP contribution in [-0.2, 0) is 16.1 Å². The fourth-order valence-electron chi connectivity index (χ4n) is 1.72. The number of rotatable bonds is 5. The van der Waals surface area contributed by atoms with Crippen LogP contribution in [0.25, 0.3) is 0 Å². The number of carbonyl (C=O) groups is 2. The minimum Gasteiger partial charge on any atom is -0.481 e. The van der Waals surface area contributed by atoms with Crippen LogP contribution in [0.15, 0.2) is 5.16 Å². The van der Waals surface area contributed by atoms with E-state index in [1.807, 2.05) is 0 Å². The number of nitrogens with zero attached hydrogens (tertiary/aromatic N) is 5. The average Bonchev–Trinajstić information content (AvgIpc) is 2.97. The van der Waals surface area contributed by atoms with E-state index in [-0.39, 0.29) is 18.2 Å². The average molecular weight is 271 g/mol. The molecule has 1 aromatic rings. The summed E-state index contributed by atoms with van der Waals surface area (Å²) in [5.74, 6) is -1.10. The topological polar surface area (TPSA) is 101 Å². The van der Waals surface area contributed by atoms with Gasteiger partial charge in [0.1, 0.15) is 6.54 Å². The third-order valence-electron chi connectivity index (χ3n) is 2.57. The molecule has 1 N–H and O–H groups in total. The minimum atomic E-state index is -0.944. The predicted molar refractivity (Wildman–Crippen MR) is 62.0 cm³/mol. The molecule has 2 rings (SSSR count). The molecule has 8 nitrogen and oxygen atoms in total. The smallest absolute Gasteiger partial charge is 0.313 e. The Hall–Kier alpha value is -1.64. The first-order chi connectivity index (χ1) is 8.66. The van der Waals surface area contributed by atoms with Crippen LogP contribution in [0.4, 0.5) is 0 Å². The van der Waals surface area contributed by atoms with Crippen molar-refractivity contribution in [1.29, 1.82) is 0 Å². The van der Waals surface area contributed by atoms with Crippen molar-refractivity contribution in [3.05, 3.63) is 0 Å². The molecule has 1 fully saturated rings. The number of thioether (sulfide) groups is 1. The van der Waals surface area contributed by atoms with E-state index >= 15 is 0 Å². The van der Waals surface area contributed by atoms with Gasteiger partial charge in [-0.3, -0.25) is 9.59 Å². The maximum Gasteiger partial charge on any atom is 0.313 e. The molecule has 1 aromatic heterocycles. The Morgan fingerprint density at radius 2 is 2.06 bits per heavy atom. The number of hydrogen-bond donors (Lipinski definition) is 1. The molecular formula is C9H13N5O3S. The van der Waals surface area contributed by atoms with Crippen LogP contribution in [0.1, 0.15) is 12.8 Å². The Kier molecular flexibility index (Phi) is 4.13. The summed E-state index contributed by atoms with van der Waals surface area (Å²) in [5.41, 5.74) is 0. The second-order valence-corrected chi connectivity index (χ2v) is 4.83. The van der Waals surface area contributed by atoms with Gasteiger partial charge in [0.25, 0.3) is 0 Å². The van der Waals surface area contributed by atoms with Crippen LogP contribution in [-0.4, -0.2) is 60.9 Å². The highest BCUT2D eigenvalue weighted by molar-refractivity contribution is 7.99. The summed E-state index contributed by atoms with van der Waals surface area (Å²) in [7, 11) is 0. The number of hydrogen-bond acceptors (Lipinski definition) is 6. The summed E-state index contributed by atoms with van der Waals surface area (Å²) in [6, 6.07) is 0. The van der Waals surface area contributed by atoms with Gasteiger partial charge in [-0.15, -0.1) is 5.10 Å². The lowest BCUT2D eigenvalue weighted by Gasteiger charge is -2.14. The number of tetrazole rings is 1. The standard InChI is InChI=1S/C9H13N5O3S/c15-7(13-3-1-2-4-13)5-14-9(10-11-12-14)18-6-8(16)17/h1-6H2,(H,16,17). The first kappa shape index (κ1) is 12.8. The first-order valence-electron chi connectivity index (χ1n) is 5.55. The second-order valence-electron chi connectivity index (χ2n) is 3.89. The highest BCUT2D eigenvalue weighted by Crippen LogP contribution is 2.14. The van der Waals surface area contributed by atoms with E-state index in [2.05, 4.69) is 15.5 Å². The van der Waals surface area contributed by atoms with Crippen molar-refractivity contribution in [2.45, 2.75) is 24.5 Å². The van der Waals surface area contributed by atoms with Gasteiger partial charge in [-0.25, -0.2) is 4.68 Å². The molecule has 1 saturated heterocycles. The van der Waals surface area contributed by atoms with Gasteiger partial charge in [-0.2, -0.15) is 0 Å². The summed E-state index contributed by atoms with van der Waals surface area (Å²) in [4.78, 5) is 24.1. The zero-order chi connectivity index (χ0) is 13.0. The quantitative estimate of drug-likeness (QED) is 0.718. The van der Waals surface area contributed by atoms with Gasteiger partial charge in [-0.1, -0.05) is 11.8 Å². The zero-order valence-electron chi connectivity index (χ0n) is 9.65.